The number of hydrogen-bond donors (Lipinski definition) is 0. The third kappa shape index (κ3) is 5.90. The third-order valence-electron chi connectivity index (χ3n) is 13.6. The first kappa shape index (κ1) is 37.2. The maximum absolute atomic E-state index is 12.8. The van der Waals surface area contributed by atoms with Crippen LogP contribution >= 0.6 is 0 Å². The highest BCUT2D eigenvalue weighted by molar-refractivity contribution is 6.75. The van der Waals surface area contributed by atoms with Crippen LogP contribution in [0.2, 0.25) is 54.4 Å². The molecule has 8 heteroatoms. The topological polar surface area (TPSA) is 54.0 Å². The molecular weight excluding hydrogens is 585 g/mol. The van der Waals surface area contributed by atoms with Gasteiger partial charge in [-0.1, -0.05) is 81.7 Å². The highest BCUT2D eigenvalue weighted by atomic mass is 28.4. The van der Waals surface area contributed by atoms with Crippen molar-refractivity contribution in [2.75, 3.05) is 13.2 Å². The van der Waals surface area contributed by atoms with E-state index in [0.29, 0.717) is 13.2 Å². The Morgan fingerprint density at radius 2 is 1.30 bits per heavy atom. The predicted octanol–water partition coefficient (Wildman–Crippen LogP) is 10.1. The Morgan fingerprint density at radius 3 is 1.77 bits per heavy atom. The third-order valence-corrected chi connectivity index (χ3v) is 27.1. The van der Waals surface area contributed by atoms with Crippen LogP contribution in [0.4, 0.5) is 0 Å². The number of carbonyl (C=O) groups excluding carboxylic acids is 1. The maximum Gasteiger partial charge on any atom is 0.330 e. The quantitative estimate of drug-likeness (QED) is 0.134. The molecule has 0 aromatic carbocycles. The van der Waals surface area contributed by atoms with Crippen molar-refractivity contribution >= 4 is 30.9 Å². The first-order valence-corrected chi connectivity index (χ1v) is 25.7. The van der Waals surface area contributed by atoms with Crippen molar-refractivity contribution in [2.45, 2.75) is 168 Å². The molecule has 5 nitrogen and oxygen atoms in total. The second-order valence-corrected chi connectivity index (χ2v) is 33.2. The van der Waals surface area contributed by atoms with Crippen molar-refractivity contribution < 1.29 is 22.8 Å². The Hall–Kier alpha value is -0.259. The van der Waals surface area contributed by atoms with Crippen molar-refractivity contribution in [3.05, 3.63) is 12.2 Å². The number of allylic oxidation sites excluding steroid dienone is 1. The van der Waals surface area contributed by atoms with Gasteiger partial charge in [-0.15, -0.1) is 0 Å². The molecule has 0 aliphatic heterocycles. The Kier molecular flexibility index (Phi) is 9.92. The highest BCUT2D eigenvalue weighted by Gasteiger charge is 2.87. The molecule has 6 atom stereocenters. The first-order valence-electron chi connectivity index (χ1n) is 17.0. The van der Waals surface area contributed by atoms with Gasteiger partial charge in [-0.05, 0) is 86.0 Å². The zero-order valence-corrected chi connectivity index (χ0v) is 34.2. The first-order chi connectivity index (χ1) is 19.2. The molecule has 0 aromatic heterocycles. The van der Waals surface area contributed by atoms with Crippen LogP contribution in [0.3, 0.4) is 0 Å². The van der Waals surface area contributed by atoms with Crippen LogP contribution < -0.4 is 0 Å². The van der Waals surface area contributed by atoms with Crippen LogP contribution in [-0.2, 0) is 22.8 Å². The van der Waals surface area contributed by atoms with Crippen molar-refractivity contribution in [2.24, 2.45) is 22.2 Å². The van der Waals surface area contributed by atoms with Gasteiger partial charge in [-0.3, -0.25) is 0 Å². The van der Waals surface area contributed by atoms with Crippen molar-refractivity contribution in [3.8, 4) is 0 Å². The van der Waals surface area contributed by atoms with E-state index in [2.05, 4.69) is 115 Å². The second-order valence-electron chi connectivity index (χ2n) is 18.8. The van der Waals surface area contributed by atoms with E-state index in [0.717, 1.165) is 25.7 Å². The second kappa shape index (κ2) is 11.5. The standard InChI is InChI=1S/C35H68O5Si3/c1-18-37-29(36)21-23-34-24-28(40-43(16,17)32(8,9)10)35(26(34)25-38-41(12,13)30(2,3)4)27(20-19-22-33(34,35)11)39-42(14,15)31(5,6)7/h21,23,26-28H,18-20,22,24-25H2,1-17H3/b23-21+/t26?,27-,28+,33+,34?,35?/m1/s1. The van der Waals surface area contributed by atoms with E-state index >= 15 is 0 Å². The molecule has 250 valence electrons. The van der Waals surface area contributed by atoms with Crippen LogP contribution in [0.25, 0.3) is 0 Å². The Labute approximate surface area is 269 Å². The molecule has 3 unspecified atom stereocenters. The van der Waals surface area contributed by atoms with Gasteiger partial charge in [0.25, 0.3) is 0 Å². The molecule has 0 saturated heterocycles. The normalized spacial score (nSPS) is 33.8. The van der Waals surface area contributed by atoms with Gasteiger partial charge in [-0.2, -0.15) is 0 Å². The molecule has 4 saturated carbocycles. The van der Waals surface area contributed by atoms with E-state index < -0.39 is 25.0 Å². The van der Waals surface area contributed by atoms with E-state index in [1.807, 2.05) is 6.92 Å². The fraction of sp³-hybridized carbons (Fsp3) is 0.914. The summed E-state index contributed by atoms with van der Waals surface area (Å²) in [7, 11) is -6.25. The zero-order valence-electron chi connectivity index (χ0n) is 31.2. The molecule has 2 bridgehead atoms. The molecule has 0 amide bonds. The predicted molar refractivity (Wildman–Crippen MR) is 188 cm³/mol. The lowest BCUT2D eigenvalue weighted by Gasteiger charge is -2.74. The summed E-state index contributed by atoms with van der Waals surface area (Å²) >= 11 is 0. The monoisotopic (exact) mass is 652 g/mol. The van der Waals surface area contributed by atoms with Crippen LogP contribution in [-0.4, -0.2) is 56.3 Å². The summed E-state index contributed by atoms with van der Waals surface area (Å²) in [5.74, 6) is -0.0321. The average molecular weight is 653 g/mol. The lowest BCUT2D eigenvalue weighted by atomic mass is 9.32. The molecule has 0 aromatic rings. The summed E-state index contributed by atoms with van der Waals surface area (Å²) in [5.41, 5.74) is -0.426. The van der Waals surface area contributed by atoms with E-state index in [9.17, 15) is 4.79 Å². The molecule has 0 heterocycles. The van der Waals surface area contributed by atoms with Gasteiger partial charge in [-0.25, -0.2) is 4.79 Å². The molecule has 0 radical (unpaired) electrons. The van der Waals surface area contributed by atoms with E-state index in [1.165, 1.54) is 0 Å². The van der Waals surface area contributed by atoms with Crippen molar-refractivity contribution in [1.29, 1.82) is 0 Å². The largest absolute Gasteiger partial charge is 0.463 e. The van der Waals surface area contributed by atoms with E-state index in [-0.39, 0.29) is 55.5 Å². The summed E-state index contributed by atoms with van der Waals surface area (Å²) in [6, 6.07) is 0. The lowest BCUT2D eigenvalue weighted by molar-refractivity contribution is -0.280. The highest BCUT2D eigenvalue weighted by Crippen LogP contribution is 2.86. The Balaban J connectivity index is 2.25. The summed E-state index contributed by atoms with van der Waals surface area (Å²) in [4.78, 5) is 12.8. The number of rotatable bonds is 10. The molecule has 0 N–H and O–H groups in total. The van der Waals surface area contributed by atoms with Gasteiger partial charge < -0.3 is 18.0 Å². The lowest BCUT2D eigenvalue weighted by Crippen LogP contribution is -2.75. The summed E-state index contributed by atoms with van der Waals surface area (Å²) < 4.78 is 27.7. The SMILES string of the molecule is CCOC(=O)/C=C/C12C[C@H](O[Si](C)(C)C(C)(C)C)C3(C1CO[Si](C)(C)C(C)(C)C)[C@H](O[Si](C)(C)C(C)(C)C)CCC[C@@]23C. The minimum atomic E-state index is -2.13. The number of fused-ring (bicyclic) bond motifs is 1. The fourth-order valence-corrected chi connectivity index (χ4v) is 11.7. The summed E-state index contributed by atoms with van der Waals surface area (Å²) in [6.45, 7) is 40.8. The van der Waals surface area contributed by atoms with Gasteiger partial charge in [0.05, 0.1) is 18.8 Å². The molecule has 4 aliphatic carbocycles. The number of hydrogen-bond acceptors (Lipinski definition) is 5. The minimum absolute atomic E-state index is 0.0528. The zero-order chi connectivity index (χ0) is 33.3. The van der Waals surface area contributed by atoms with Crippen molar-refractivity contribution in [3.63, 3.8) is 0 Å². The Morgan fingerprint density at radius 1 is 0.814 bits per heavy atom. The van der Waals surface area contributed by atoms with Gasteiger partial charge in [0.15, 0.2) is 25.0 Å². The number of ether oxygens (including phenoxy) is 1. The van der Waals surface area contributed by atoms with Gasteiger partial charge >= 0.3 is 5.97 Å². The molecule has 4 rings (SSSR count). The number of carbonyl (C=O) groups is 1. The van der Waals surface area contributed by atoms with Crippen LogP contribution in [0.15, 0.2) is 12.2 Å². The molecule has 4 fully saturated rings. The van der Waals surface area contributed by atoms with Crippen LogP contribution in [0.5, 0.6) is 0 Å². The van der Waals surface area contributed by atoms with E-state index in [1.54, 1.807) is 6.08 Å². The molecular formula is C35H68O5Si3. The van der Waals surface area contributed by atoms with Gasteiger partial charge in [0, 0.05) is 29.4 Å². The summed E-state index contributed by atoms with van der Waals surface area (Å²) in [6.07, 6.45) is 8.37. The minimum Gasteiger partial charge on any atom is -0.463 e. The molecule has 43 heavy (non-hydrogen) atoms. The average Bonchev–Trinajstić information content (AvgIpc) is 3.20. The van der Waals surface area contributed by atoms with Gasteiger partial charge in [0.1, 0.15) is 0 Å². The van der Waals surface area contributed by atoms with Crippen LogP contribution in [0, 0.1) is 22.2 Å². The Bertz CT molecular complexity index is 1060. The molecule has 1 spiro atoms. The van der Waals surface area contributed by atoms with Crippen molar-refractivity contribution in [1.82, 2.24) is 0 Å². The van der Waals surface area contributed by atoms with E-state index in [4.69, 9.17) is 18.0 Å². The number of esters is 1. The smallest absolute Gasteiger partial charge is 0.330 e. The maximum atomic E-state index is 12.8. The summed E-state index contributed by atoms with van der Waals surface area (Å²) in [5, 5.41) is 0.327. The molecule has 4 aliphatic rings. The fourth-order valence-electron chi connectivity index (χ4n) is 7.99. The van der Waals surface area contributed by atoms with Gasteiger partial charge in [0.2, 0.25) is 0 Å². The van der Waals surface area contributed by atoms with Crippen LogP contribution in [0.1, 0.15) is 102 Å².